The van der Waals surface area contributed by atoms with Crippen LogP contribution in [0.4, 0.5) is 0 Å². The maximum absolute atomic E-state index is 5.49. The van der Waals surface area contributed by atoms with Crippen molar-refractivity contribution in [1.29, 1.82) is 0 Å². The smallest absolute Gasteiger partial charge is 0 e. The fourth-order valence-electron chi connectivity index (χ4n) is 6.56. The predicted octanol–water partition coefficient (Wildman–Crippen LogP) is 33.6. The van der Waals surface area contributed by atoms with Crippen LogP contribution in [0.3, 0.4) is 0 Å². The zero-order valence-corrected chi connectivity index (χ0v) is 85.8. The molecule has 0 spiro atoms. The molecule has 0 nitrogen and oxygen atoms in total. The van der Waals surface area contributed by atoms with Crippen LogP contribution in [0, 0.1) is 0 Å². The molecule has 0 rings (SSSR count). The first-order valence-corrected chi connectivity index (χ1v) is 76.3. The van der Waals surface area contributed by atoms with Crippen molar-refractivity contribution in [1.82, 2.24) is 0 Å². The fraction of sp³-hybridized carbons (Fsp3) is 1.00. The van der Waals surface area contributed by atoms with E-state index in [0.717, 1.165) is 0 Å². The van der Waals surface area contributed by atoms with Crippen LogP contribution in [0.25, 0.3) is 0 Å². The standard InChI is InChI=1S/6C10H23PS4.Mo/c6*1-3-5-7-9-14-11(12,13)15-10-8-6-4-2;/h6*3-10H2,1-2H3,(H,12,13);/p-6. The Morgan fingerprint density at radius 3 is 0.286 bits per heavy atom. The van der Waals surface area contributed by atoms with E-state index in [0.29, 0.717) is 0 Å². The molecule has 0 saturated heterocycles. The molecule has 0 fully saturated rings. The van der Waals surface area contributed by atoms with Gasteiger partial charge in [-0.15, -0.1) is 207 Å². The maximum Gasteiger partial charge on any atom is 0 e. The van der Waals surface area contributed by atoms with Gasteiger partial charge in [0, 0.05) is 21.1 Å². The molecule has 0 aliphatic carbocycles. The summed E-state index contributed by atoms with van der Waals surface area (Å²) in [6, 6.07) is 0. The van der Waals surface area contributed by atoms with Gasteiger partial charge >= 0.3 is 0 Å². The van der Waals surface area contributed by atoms with Gasteiger partial charge in [0.2, 0.25) is 0 Å². The van der Waals surface area contributed by atoms with E-state index in [4.69, 9.17) is 144 Å². The molecule has 0 aromatic heterocycles. The van der Waals surface area contributed by atoms with Gasteiger partial charge in [-0.2, -0.15) is 0 Å². The Kier molecular flexibility index (Phi) is 112. The summed E-state index contributed by atoms with van der Waals surface area (Å²) in [5.74, 6) is 14.1. The summed E-state index contributed by atoms with van der Waals surface area (Å²) in [5, 5.41) is 0. The van der Waals surface area contributed by atoms with Crippen LogP contribution in [0.2, 0.25) is 0 Å². The molecule has 0 heterocycles. The zero-order chi connectivity index (χ0) is 69.4. The van der Waals surface area contributed by atoms with Crippen molar-refractivity contribution in [3.63, 3.8) is 0 Å². The maximum atomic E-state index is 5.49. The SMILES string of the molecule is CCCCCSP(=S)([S-])SCCCCC.CCCCCSP(=S)([S-])SCCCCC.CCCCCSP(=S)([S-])SCCCCC.CCCCCSP(=S)([S-])SCCCCC.CCCCCSP(=S)([S-])SCCCCC.CCCCCSP(=S)([S-])SCCCCC.[Mo]. The minimum Gasteiger partial charge on any atom is -0.726 e. The van der Waals surface area contributed by atoms with Crippen LogP contribution in [0.5, 0.6) is 0 Å². The van der Waals surface area contributed by atoms with Crippen LogP contribution in [-0.4, -0.2) is 69.0 Å². The molecule has 0 radical (unpaired) electrons. The van der Waals surface area contributed by atoms with E-state index < -0.39 is 21.9 Å². The van der Waals surface area contributed by atoms with Crippen LogP contribution >= 0.6 is 158 Å². The van der Waals surface area contributed by atoms with Gasteiger partial charge in [0.1, 0.15) is 0 Å². The summed E-state index contributed by atoms with van der Waals surface area (Å²) in [6.45, 7) is 26.8. The van der Waals surface area contributed by atoms with Crippen molar-refractivity contribution in [2.75, 3.05) is 69.0 Å². The van der Waals surface area contributed by atoms with Crippen molar-refractivity contribution in [3.8, 4) is 0 Å². The second kappa shape index (κ2) is 88.1. The summed E-state index contributed by atoms with van der Waals surface area (Å²) in [7, 11) is 0. The van der Waals surface area contributed by atoms with E-state index in [1.54, 1.807) is 0 Å². The Labute approximate surface area is 696 Å². The van der Waals surface area contributed by atoms with Gasteiger partial charge in [-0.3, -0.25) is 0 Å². The molecule has 0 bridgehead atoms. The number of unbranched alkanes of at least 4 members (excludes halogenated alkanes) is 24. The van der Waals surface area contributed by atoms with Crippen LogP contribution in [-0.2, 0) is 165 Å². The summed E-state index contributed by atoms with van der Waals surface area (Å²) in [6.07, 6.45) is 46.6. The van der Waals surface area contributed by atoms with Crippen LogP contribution in [0.15, 0.2) is 0 Å². The summed E-state index contributed by atoms with van der Waals surface area (Å²) >= 11 is 88.5. The predicted molar refractivity (Wildman–Crippen MR) is 514 cm³/mol. The van der Waals surface area contributed by atoms with Gasteiger partial charge in [0.05, 0.1) is 0 Å². The topological polar surface area (TPSA) is 0 Å². The van der Waals surface area contributed by atoms with E-state index in [-0.39, 0.29) is 21.1 Å². The minimum absolute atomic E-state index is 0. The second-order valence-electron chi connectivity index (χ2n) is 21.2. The van der Waals surface area contributed by atoms with E-state index in [2.05, 4.69) is 83.1 Å². The first-order valence-electron chi connectivity index (χ1n) is 34.3. The first kappa shape index (κ1) is 115. The van der Waals surface area contributed by atoms with Gasteiger partial charge < -0.3 is 73.5 Å². The van der Waals surface area contributed by atoms with Crippen molar-refractivity contribution >= 4 is 303 Å². The molecule has 31 heteroatoms. The zero-order valence-electron chi connectivity index (χ0n) is 58.8. The van der Waals surface area contributed by atoms with E-state index >= 15 is 0 Å². The van der Waals surface area contributed by atoms with Crippen molar-refractivity contribution in [3.05, 3.63) is 0 Å². The van der Waals surface area contributed by atoms with Gasteiger partial charge in [-0.25, -0.2) is 0 Å². The fourth-order valence-corrected chi connectivity index (χ4v) is 55.9. The molecule has 0 aliphatic heterocycles. The van der Waals surface area contributed by atoms with Gasteiger partial charge in [-0.1, -0.05) is 259 Å². The monoisotopic (exact) mass is 1900 g/mol. The second-order valence-corrected chi connectivity index (χ2v) is 108. The normalized spacial score (nSPS) is 11.8. The van der Waals surface area contributed by atoms with Gasteiger partial charge in [-0.05, 0) is 146 Å². The average Bonchev–Trinajstić information content (AvgIpc) is 3.61. The Balaban J connectivity index is -0.000000186. The third kappa shape index (κ3) is 110. The molecule has 0 unspecified atom stereocenters. The summed E-state index contributed by atoms with van der Waals surface area (Å²) in [5.41, 5.74) is 0. The molecule has 0 saturated carbocycles. The molecular weight excluding hydrogens is 1770 g/mol. The largest absolute Gasteiger partial charge is 0.726 e. The molecular formula is C60H132MoP6S24-6. The van der Waals surface area contributed by atoms with Gasteiger partial charge in [0.15, 0.2) is 0 Å². The minimum atomic E-state index is -1.52. The molecule has 558 valence electrons. The first-order chi connectivity index (χ1) is 42.7. The molecule has 0 aromatic carbocycles. The number of rotatable bonds is 60. The van der Waals surface area contributed by atoms with Crippen molar-refractivity contribution in [2.24, 2.45) is 0 Å². The van der Waals surface area contributed by atoms with Gasteiger partial charge in [0.25, 0.3) is 0 Å². The van der Waals surface area contributed by atoms with Crippen LogP contribution in [0.1, 0.15) is 314 Å². The summed E-state index contributed by atoms with van der Waals surface area (Å²) in [4.78, 5) is 0. The van der Waals surface area contributed by atoms with E-state index in [1.165, 1.54) is 300 Å². The third-order valence-electron chi connectivity index (χ3n) is 12.0. The van der Waals surface area contributed by atoms with E-state index in [9.17, 15) is 0 Å². The average molecular weight is 1910 g/mol. The van der Waals surface area contributed by atoms with Crippen molar-refractivity contribution in [2.45, 2.75) is 314 Å². The Bertz CT molecular complexity index is 1330. The Morgan fingerprint density at radius 1 is 0.165 bits per heavy atom. The molecule has 0 N–H and O–H groups in total. The third-order valence-corrected chi connectivity index (χ3v) is 73.5. The molecule has 91 heavy (non-hydrogen) atoms. The molecule has 0 aromatic rings. The van der Waals surface area contributed by atoms with Crippen LogP contribution < -0.4 is 0 Å². The number of hydrogen-bond donors (Lipinski definition) is 0. The van der Waals surface area contributed by atoms with E-state index in [1.807, 2.05) is 137 Å². The number of hydrogen-bond acceptors (Lipinski definition) is 24. The Morgan fingerprint density at radius 2 is 0.231 bits per heavy atom. The molecule has 0 aliphatic rings. The Hall–Kier alpha value is 10.9. The summed E-state index contributed by atoms with van der Waals surface area (Å²) < 4.78 is -9.14. The molecule has 0 amide bonds. The quantitative estimate of drug-likeness (QED) is 0.0245. The van der Waals surface area contributed by atoms with Crippen molar-refractivity contribution < 1.29 is 21.1 Å². The molecule has 0 atom stereocenters.